The second kappa shape index (κ2) is 10.4. The highest BCUT2D eigenvalue weighted by molar-refractivity contribution is 8.13. The van der Waals surface area contributed by atoms with E-state index < -0.39 is 0 Å². The van der Waals surface area contributed by atoms with Crippen LogP contribution in [-0.4, -0.2) is 58.4 Å². The van der Waals surface area contributed by atoms with Gasteiger partial charge in [-0.3, -0.25) is 0 Å². The standard InChI is InChI=1S/C27H39N5O2S/c1-17(2)25-29-26(34-30-25)31-11-8-21(9-12-31)20(5)33-27-28-15-22-10-13-32(16-35-27)24(22)23-7-6-18(3)14-19(23)4/h6,14,17,20-21,23H,7-13,15-16H2,1-5H3/b28-27-/t20-,23?/m1/s1. The number of nitrogens with zero attached hydrogens (tertiary/aromatic N) is 5. The lowest BCUT2D eigenvalue weighted by atomic mass is 9.85. The number of aliphatic imine (C=N–C) groups is 1. The van der Waals surface area contributed by atoms with Gasteiger partial charge in [-0.2, -0.15) is 4.98 Å². The summed E-state index contributed by atoms with van der Waals surface area (Å²) in [7, 11) is 0. The van der Waals surface area contributed by atoms with Gasteiger partial charge in [0.05, 0.1) is 12.4 Å². The molecule has 1 saturated heterocycles. The number of hydrogen-bond acceptors (Lipinski definition) is 8. The van der Waals surface area contributed by atoms with Crippen LogP contribution in [0.4, 0.5) is 6.01 Å². The van der Waals surface area contributed by atoms with Gasteiger partial charge in [-0.15, -0.1) is 0 Å². The lowest BCUT2D eigenvalue weighted by Crippen LogP contribution is -2.38. The van der Waals surface area contributed by atoms with E-state index in [2.05, 4.69) is 66.7 Å². The van der Waals surface area contributed by atoms with Crippen molar-refractivity contribution >= 4 is 23.0 Å². The summed E-state index contributed by atoms with van der Waals surface area (Å²) < 4.78 is 12.0. The van der Waals surface area contributed by atoms with Crippen LogP contribution in [0, 0.1) is 11.8 Å². The zero-order valence-corrected chi connectivity index (χ0v) is 22.6. The van der Waals surface area contributed by atoms with E-state index in [1.54, 1.807) is 11.8 Å². The van der Waals surface area contributed by atoms with E-state index in [0.29, 0.717) is 17.9 Å². The third-order valence-corrected chi connectivity index (χ3v) is 8.76. The fourth-order valence-electron chi connectivity index (χ4n) is 5.65. The van der Waals surface area contributed by atoms with E-state index in [1.807, 2.05) is 0 Å². The van der Waals surface area contributed by atoms with Crippen LogP contribution in [0.5, 0.6) is 0 Å². The number of anilines is 1. The van der Waals surface area contributed by atoms with Gasteiger partial charge < -0.3 is 19.1 Å². The van der Waals surface area contributed by atoms with Crippen molar-refractivity contribution < 1.29 is 9.26 Å². The van der Waals surface area contributed by atoms with Crippen LogP contribution in [0.1, 0.15) is 72.0 Å². The van der Waals surface area contributed by atoms with Gasteiger partial charge in [-0.1, -0.05) is 42.3 Å². The molecule has 1 aromatic rings. The SMILES string of the molecule is CC1=CCC(C2=C3CCN2CS/C(O[C@H](C)C2CCN(c4nc(C(C)C)no4)CC2)=N\C3)C(C)=C1. The van der Waals surface area contributed by atoms with Gasteiger partial charge in [0.2, 0.25) is 5.23 Å². The normalized spacial score (nSPS) is 26.2. The highest BCUT2D eigenvalue weighted by Crippen LogP contribution is 2.40. The van der Waals surface area contributed by atoms with Gasteiger partial charge in [0, 0.05) is 37.2 Å². The number of thioether (sulfide) groups is 1. The summed E-state index contributed by atoms with van der Waals surface area (Å²) in [6, 6.07) is 0.656. The maximum Gasteiger partial charge on any atom is 0.324 e. The van der Waals surface area contributed by atoms with Crippen molar-refractivity contribution in [3.63, 3.8) is 0 Å². The smallest absolute Gasteiger partial charge is 0.324 e. The highest BCUT2D eigenvalue weighted by Gasteiger charge is 2.33. The Morgan fingerprint density at radius 2 is 1.91 bits per heavy atom. The van der Waals surface area contributed by atoms with E-state index >= 15 is 0 Å². The van der Waals surface area contributed by atoms with E-state index in [4.69, 9.17) is 14.3 Å². The zero-order chi connectivity index (χ0) is 24.5. The number of ether oxygens (including phenoxy) is 1. The molecule has 0 aromatic carbocycles. The Bertz CT molecular complexity index is 1050. The number of rotatable bonds is 5. The van der Waals surface area contributed by atoms with Gasteiger partial charge in [-0.25, -0.2) is 4.99 Å². The zero-order valence-electron chi connectivity index (χ0n) is 21.8. The second-order valence-electron chi connectivity index (χ2n) is 10.7. The molecule has 5 rings (SSSR count). The quantitative estimate of drug-likeness (QED) is 0.513. The molecule has 4 heterocycles. The molecule has 0 N–H and O–H groups in total. The Morgan fingerprint density at radius 1 is 1.11 bits per heavy atom. The highest BCUT2D eigenvalue weighted by atomic mass is 32.2. The first kappa shape index (κ1) is 24.5. The van der Waals surface area contributed by atoms with Crippen LogP contribution in [0.25, 0.3) is 0 Å². The van der Waals surface area contributed by atoms with E-state index in [-0.39, 0.29) is 12.0 Å². The van der Waals surface area contributed by atoms with Gasteiger partial charge in [-0.05, 0) is 69.7 Å². The lowest BCUT2D eigenvalue weighted by Gasteiger charge is -2.34. The van der Waals surface area contributed by atoms with Crippen LogP contribution in [-0.2, 0) is 4.74 Å². The minimum absolute atomic E-state index is 0.148. The minimum Gasteiger partial charge on any atom is -0.470 e. The van der Waals surface area contributed by atoms with Crippen molar-refractivity contribution in [2.45, 2.75) is 72.3 Å². The average molecular weight is 498 g/mol. The fourth-order valence-corrected chi connectivity index (χ4v) is 6.56. The summed E-state index contributed by atoms with van der Waals surface area (Å²) in [5.41, 5.74) is 5.90. The first-order valence-corrected chi connectivity index (χ1v) is 14.1. The van der Waals surface area contributed by atoms with Crippen LogP contribution in [0.2, 0.25) is 0 Å². The molecule has 1 aromatic heterocycles. The topological polar surface area (TPSA) is 67.0 Å². The molecule has 3 aliphatic heterocycles. The molecule has 2 atom stereocenters. The average Bonchev–Trinajstić information content (AvgIpc) is 3.49. The molecule has 0 amide bonds. The van der Waals surface area contributed by atoms with Crippen molar-refractivity contribution in [2.75, 3.05) is 37.0 Å². The van der Waals surface area contributed by atoms with Crippen molar-refractivity contribution in [1.29, 1.82) is 0 Å². The molecule has 8 heteroatoms. The van der Waals surface area contributed by atoms with Crippen molar-refractivity contribution in [3.8, 4) is 0 Å². The molecule has 2 bridgehead atoms. The summed E-state index contributed by atoms with van der Waals surface area (Å²) in [6.45, 7) is 14.6. The lowest BCUT2D eigenvalue weighted by molar-refractivity contribution is 0.125. The molecular weight excluding hydrogens is 458 g/mol. The Balaban J connectivity index is 1.18. The molecule has 7 nitrogen and oxygen atoms in total. The molecule has 1 fully saturated rings. The molecule has 1 unspecified atom stereocenters. The van der Waals surface area contributed by atoms with Gasteiger partial charge in [0.15, 0.2) is 5.82 Å². The van der Waals surface area contributed by atoms with Crippen molar-refractivity contribution in [3.05, 3.63) is 40.4 Å². The first-order valence-electron chi connectivity index (χ1n) is 13.1. The molecule has 4 aliphatic rings. The monoisotopic (exact) mass is 497 g/mol. The Kier molecular flexibility index (Phi) is 7.28. The fraction of sp³-hybridized carbons (Fsp3) is 0.667. The van der Waals surface area contributed by atoms with Crippen LogP contribution in [0.3, 0.4) is 0 Å². The molecular formula is C27H39N5O2S. The van der Waals surface area contributed by atoms with Crippen LogP contribution in [0.15, 0.2) is 44.1 Å². The van der Waals surface area contributed by atoms with Gasteiger partial charge in [0.25, 0.3) is 0 Å². The summed E-state index contributed by atoms with van der Waals surface area (Å²) in [6.07, 6.45) is 9.22. The third kappa shape index (κ3) is 5.32. The number of piperidine rings is 1. The Hall–Kier alpha value is -2.22. The number of fused-ring (bicyclic) bond motifs is 1. The molecule has 1 aliphatic carbocycles. The summed E-state index contributed by atoms with van der Waals surface area (Å²) in [5.74, 6) is 2.99. The summed E-state index contributed by atoms with van der Waals surface area (Å²) in [4.78, 5) is 14.3. The van der Waals surface area contributed by atoms with E-state index in [0.717, 1.165) is 68.8 Å². The maximum absolute atomic E-state index is 6.46. The number of aromatic nitrogens is 2. The Labute approximate surface area is 213 Å². The van der Waals surface area contributed by atoms with E-state index in [9.17, 15) is 0 Å². The molecule has 35 heavy (non-hydrogen) atoms. The first-order chi connectivity index (χ1) is 16.9. The Morgan fingerprint density at radius 3 is 2.63 bits per heavy atom. The summed E-state index contributed by atoms with van der Waals surface area (Å²) >= 11 is 1.76. The van der Waals surface area contributed by atoms with Crippen LogP contribution < -0.4 is 4.90 Å². The number of hydrogen-bond donors (Lipinski definition) is 0. The minimum atomic E-state index is 0.148. The van der Waals surface area contributed by atoms with Crippen molar-refractivity contribution in [1.82, 2.24) is 15.0 Å². The molecule has 0 radical (unpaired) electrons. The summed E-state index contributed by atoms with van der Waals surface area (Å²) in [5, 5.41) is 4.97. The third-order valence-electron chi connectivity index (χ3n) is 7.85. The van der Waals surface area contributed by atoms with Crippen LogP contribution >= 0.6 is 11.8 Å². The molecule has 190 valence electrons. The maximum atomic E-state index is 6.46. The van der Waals surface area contributed by atoms with Gasteiger partial charge in [0.1, 0.15) is 6.10 Å². The predicted molar refractivity (Wildman–Crippen MR) is 143 cm³/mol. The number of allylic oxidation sites excluding steroid dienone is 4. The molecule has 0 saturated carbocycles. The largest absolute Gasteiger partial charge is 0.470 e. The van der Waals surface area contributed by atoms with Gasteiger partial charge >= 0.3 is 6.01 Å². The van der Waals surface area contributed by atoms with Crippen molar-refractivity contribution in [2.24, 2.45) is 16.8 Å². The van der Waals surface area contributed by atoms with E-state index in [1.165, 1.54) is 22.4 Å². The predicted octanol–water partition coefficient (Wildman–Crippen LogP) is 5.75. The second-order valence-corrected chi connectivity index (χ2v) is 11.6. The molecule has 0 spiro atoms.